The number of para-hydroxylation sites is 1. The van der Waals surface area contributed by atoms with Crippen LogP contribution in [0.2, 0.25) is 0 Å². The number of nitro benzene ring substituents is 1. The van der Waals surface area contributed by atoms with Crippen molar-refractivity contribution in [2.24, 2.45) is 0 Å². The molecule has 2 aromatic rings. The Morgan fingerprint density at radius 3 is 3.05 bits per heavy atom. The number of nitrogens with one attached hydrogen (secondary N) is 2. The lowest BCUT2D eigenvalue weighted by Crippen LogP contribution is -2.33. The van der Waals surface area contributed by atoms with Crippen LogP contribution in [-0.4, -0.2) is 28.7 Å². The van der Waals surface area contributed by atoms with E-state index in [0.29, 0.717) is 17.5 Å². The van der Waals surface area contributed by atoms with Gasteiger partial charge in [0.25, 0.3) is 11.6 Å². The van der Waals surface area contributed by atoms with Gasteiger partial charge in [0.2, 0.25) is 0 Å². The Labute approximate surface area is 125 Å². The smallest absolute Gasteiger partial charge is 0.293 e. The van der Waals surface area contributed by atoms with Crippen LogP contribution in [0, 0.1) is 10.1 Å². The number of non-ortho nitro benzene ring substituents is 1. The van der Waals surface area contributed by atoms with Crippen molar-refractivity contribution in [1.29, 1.82) is 0 Å². The van der Waals surface area contributed by atoms with Gasteiger partial charge in [0, 0.05) is 24.5 Å². The molecule has 1 atom stereocenters. The second-order valence-electron chi connectivity index (χ2n) is 5.03. The maximum atomic E-state index is 12.0. The lowest BCUT2D eigenvalue weighted by Gasteiger charge is -2.21. The normalized spacial score (nSPS) is 18.3. The third-order valence-corrected chi connectivity index (χ3v) is 3.50. The van der Waals surface area contributed by atoms with Gasteiger partial charge >= 0.3 is 0 Å². The molecule has 1 fully saturated rings. The number of hydrogen-bond acceptors (Lipinski definition) is 5. The number of aromatic amines is 1. The predicted octanol–water partition coefficient (Wildman–Crippen LogP) is 2.26. The molecule has 1 amide bonds. The van der Waals surface area contributed by atoms with Gasteiger partial charge in [-0.05, 0) is 18.9 Å². The molecular formula is C14H15N3O5. The number of H-pyrrole nitrogens is 1. The van der Waals surface area contributed by atoms with Crippen LogP contribution in [0.4, 0.5) is 5.69 Å². The molecule has 0 bridgehead atoms. The molecule has 1 aliphatic heterocycles. The van der Waals surface area contributed by atoms with Gasteiger partial charge in [0.1, 0.15) is 11.2 Å². The zero-order chi connectivity index (χ0) is 15.5. The van der Waals surface area contributed by atoms with E-state index in [2.05, 4.69) is 10.5 Å². The maximum absolute atomic E-state index is 12.0. The molecule has 116 valence electrons. The predicted molar refractivity (Wildman–Crippen MR) is 77.1 cm³/mol. The highest BCUT2D eigenvalue weighted by molar-refractivity contribution is 5.99. The second kappa shape index (κ2) is 6.12. The molecule has 0 spiro atoms. The average molecular weight is 305 g/mol. The van der Waals surface area contributed by atoms with Crippen LogP contribution in [0.3, 0.4) is 0 Å². The zero-order valence-electron chi connectivity index (χ0n) is 11.7. The van der Waals surface area contributed by atoms with Crippen molar-refractivity contribution in [2.45, 2.75) is 25.6 Å². The first-order valence-corrected chi connectivity index (χ1v) is 6.99. The minimum absolute atomic E-state index is 0.0758. The van der Waals surface area contributed by atoms with Gasteiger partial charge in [-0.3, -0.25) is 14.9 Å². The first-order valence-electron chi connectivity index (χ1n) is 6.99. The van der Waals surface area contributed by atoms with Crippen molar-refractivity contribution in [3.63, 3.8) is 0 Å². The summed E-state index contributed by atoms with van der Waals surface area (Å²) in [6.45, 7) is 0.610. The molecule has 0 aliphatic carbocycles. The summed E-state index contributed by atoms with van der Waals surface area (Å²) in [6.07, 6.45) is 2.24. The summed E-state index contributed by atoms with van der Waals surface area (Å²) in [4.78, 5) is 30.5. The number of amides is 1. The fourth-order valence-electron chi connectivity index (χ4n) is 2.39. The van der Waals surface area contributed by atoms with Crippen molar-refractivity contribution >= 4 is 22.5 Å². The van der Waals surface area contributed by atoms with Crippen LogP contribution < -0.4 is 5.48 Å². The quantitative estimate of drug-likeness (QED) is 0.665. The Morgan fingerprint density at radius 2 is 2.32 bits per heavy atom. The standard InChI is InChI=1S/C14H15N3O5/c18-14(16-22-12-6-1-2-7-21-12)10-8-9-4-3-5-11(17(19)20)13(9)15-10/h3-5,8,12,15H,1-2,6-7H2,(H,16,18). The van der Waals surface area contributed by atoms with Gasteiger partial charge < -0.3 is 9.72 Å². The van der Waals surface area contributed by atoms with Crippen LogP contribution in [0.5, 0.6) is 0 Å². The van der Waals surface area contributed by atoms with Gasteiger partial charge in [-0.25, -0.2) is 10.3 Å². The molecule has 1 aromatic heterocycles. The summed E-state index contributed by atoms with van der Waals surface area (Å²) >= 11 is 0. The van der Waals surface area contributed by atoms with E-state index in [9.17, 15) is 14.9 Å². The number of rotatable bonds is 4. The van der Waals surface area contributed by atoms with Crippen LogP contribution >= 0.6 is 0 Å². The van der Waals surface area contributed by atoms with Crippen LogP contribution in [0.1, 0.15) is 29.8 Å². The largest absolute Gasteiger partial charge is 0.350 e. The van der Waals surface area contributed by atoms with E-state index in [0.717, 1.165) is 19.3 Å². The molecule has 3 rings (SSSR count). The first kappa shape index (κ1) is 14.5. The summed E-state index contributed by atoms with van der Waals surface area (Å²) in [6, 6.07) is 6.19. The molecule has 1 unspecified atom stereocenters. The number of benzene rings is 1. The molecule has 8 nitrogen and oxygen atoms in total. The fraction of sp³-hybridized carbons (Fsp3) is 0.357. The lowest BCUT2D eigenvalue weighted by molar-refractivity contribution is -0.383. The summed E-state index contributed by atoms with van der Waals surface area (Å²) in [5.41, 5.74) is 2.74. The summed E-state index contributed by atoms with van der Waals surface area (Å²) < 4.78 is 5.34. The number of ether oxygens (including phenoxy) is 1. The van der Waals surface area contributed by atoms with E-state index in [-0.39, 0.29) is 11.4 Å². The van der Waals surface area contributed by atoms with Crippen molar-refractivity contribution < 1.29 is 19.3 Å². The van der Waals surface area contributed by atoms with E-state index in [1.165, 1.54) is 6.07 Å². The number of aromatic nitrogens is 1. The number of nitro groups is 1. The first-order chi connectivity index (χ1) is 10.6. The highest BCUT2D eigenvalue weighted by atomic mass is 16.8. The third kappa shape index (κ3) is 2.92. The minimum atomic E-state index is -0.500. The van der Waals surface area contributed by atoms with Crippen molar-refractivity contribution in [1.82, 2.24) is 10.5 Å². The molecule has 0 radical (unpaired) electrons. The number of carbonyl (C=O) groups is 1. The molecule has 1 aliphatic rings. The lowest BCUT2D eigenvalue weighted by atomic mass is 10.2. The molecular weight excluding hydrogens is 290 g/mol. The van der Waals surface area contributed by atoms with Gasteiger partial charge in [0.15, 0.2) is 6.29 Å². The molecule has 2 heterocycles. The maximum Gasteiger partial charge on any atom is 0.293 e. The number of carbonyl (C=O) groups excluding carboxylic acids is 1. The Balaban J connectivity index is 1.73. The van der Waals surface area contributed by atoms with Gasteiger partial charge in [0.05, 0.1) is 4.92 Å². The Kier molecular flexibility index (Phi) is 4.03. The zero-order valence-corrected chi connectivity index (χ0v) is 11.7. The summed E-state index contributed by atoms with van der Waals surface area (Å²) in [7, 11) is 0. The average Bonchev–Trinajstić information content (AvgIpc) is 2.97. The summed E-state index contributed by atoms with van der Waals surface area (Å²) in [5.74, 6) is -0.500. The molecule has 2 N–H and O–H groups in total. The van der Waals surface area contributed by atoms with Crippen LogP contribution in [0.15, 0.2) is 24.3 Å². The Hall–Kier alpha value is -2.45. The van der Waals surface area contributed by atoms with Gasteiger partial charge in [-0.1, -0.05) is 12.1 Å². The van der Waals surface area contributed by atoms with E-state index in [4.69, 9.17) is 9.57 Å². The van der Waals surface area contributed by atoms with Crippen molar-refractivity contribution in [3.8, 4) is 0 Å². The van der Waals surface area contributed by atoms with Gasteiger partial charge in [-0.15, -0.1) is 0 Å². The second-order valence-corrected chi connectivity index (χ2v) is 5.03. The number of hydroxylamine groups is 1. The molecule has 1 saturated heterocycles. The van der Waals surface area contributed by atoms with Crippen LogP contribution in [-0.2, 0) is 9.57 Å². The van der Waals surface area contributed by atoms with E-state index in [1.807, 2.05) is 0 Å². The third-order valence-electron chi connectivity index (χ3n) is 3.50. The SMILES string of the molecule is O=C(NOC1CCCCO1)c1cc2cccc([N+](=O)[O-])c2[nH]1. The van der Waals surface area contributed by atoms with E-state index < -0.39 is 17.1 Å². The van der Waals surface area contributed by atoms with Crippen LogP contribution in [0.25, 0.3) is 10.9 Å². The molecule has 8 heteroatoms. The number of nitrogens with zero attached hydrogens (tertiary/aromatic N) is 1. The topological polar surface area (TPSA) is 106 Å². The van der Waals surface area contributed by atoms with Crippen molar-refractivity contribution in [2.75, 3.05) is 6.61 Å². The van der Waals surface area contributed by atoms with E-state index in [1.54, 1.807) is 18.2 Å². The highest BCUT2D eigenvalue weighted by Crippen LogP contribution is 2.25. The summed E-state index contributed by atoms with van der Waals surface area (Å²) in [5, 5.41) is 11.6. The highest BCUT2D eigenvalue weighted by Gasteiger charge is 2.19. The Morgan fingerprint density at radius 1 is 1.45 bits per heavy atom. The monoisotopic (exact) mass is 305 g/mol. The molecule has 0 saturated carbocycles. The minimum Gasteiger partial charge on any atom is -0.350 e. The number of hydrogen-bond donors (Lipinski definition) is 2. The molecule has 22 heavy (non-hydrogen) atoms. The van der Waals surface area contributed by atoms with Gasteiger partial charge in [-0.2, -0.15) is 0 Å². The fourth-order valence-corrected chi connectivity index (χ4v) is 2.39. The molecule has 1 aromatic carbocycles. The Bertz CT molecular complexity index is 706. The van der Waals surface area contributed by atoms with E-state index >= 15 is 0 Å². The number of fused-ring (bicyclic) bond motifs is 1. The van der Waals surface area contributed by atoms with Crippen molar-refractivity contribution in [3.05, 3.63) is 40.1 Å².